The standard InChI is InChI=1S/C10H11NO4/c1-5(12)6-3-4-7(10(15)11-2)9(14)8(6)13/h3-4,13-14H,1-2H3,(H,11,15). The summed E-state index contributed by atoms with van der Waals surface area (Å²) in [6.45, 7) is 1.26. The highest BCUT2D eigenvalue weighted by molar-refractivity contribution is 6.02. The molecule has 0 spiro atoms. The average Bonchev–Trinajstić information content (AvgIpc) is 2.20. The van der Waals surface area contributed by atoms with E-state index in [1.807, 2.05) is 0 Å². The first-order chi connectivity index (χ1) is 6.99. The maximum atomic E-state index is 11.2. The van der Waals surface area contributed by atoms with Crippen LogP contribution in [0.3, 0.4) is 0 Å². The maximum absolute atomic E-state index is 11.2. The quantitative estimate of drug-likeness (QED) is 0.493. The van der Waals surface area contributed by atoms with Gasteiger partial charge < -0.3 is 15.5 Å². The average molecular weight is 209 g/mol. The first-order valence-electron chi connectivity index (χ1n) is 4.27. The topological polar surface area (TPSA) is 86.6 Å². The summed E-state index contributed by atoms with van der Waals surface area (Å²) in [5, 5.41) is 21.2. The Kier molecular flexibility index (Phi) is 2.94. The molecule has 0 bridgehead atoms. The first kappa shape index (κ1) is 11.0. The maximum Gasteiger partial charge on any atom is 0.254 e. The third-order valence-electron chi connectivity index (χ3n) is 2.00. The number of ketones is 1. The van der Waals surface area contributed by atoms with Crippen molar-refractivity contribution in [2.75, 3.05) is 7.05 Å². The minimum atomic E-state index is -0.581. The number of hydrogen-bond acceptors (Lipinski definition) is 4. The Bertz CT molecular complexity index is 426. The molecule has 80 valence electrons. The molecular formula is C10H11NO4. The van der Waals surface area contributed by atoms with E-state index in [2.05, 4.69) is 5.32 Å². The molecule has 0 radical (unpaired) electrons. The van der Waals surface area contributed by atoms with Gasteiger partial charge >= 0.3 is 0 Å². The highest BCUT2D eigenvalue weighted by atomic mass is 16.3. The molecule has 0 unspecified atom stereocenters. The van der Waals surface area contributed by atoms with Crippen LogP contribution in [0.1, 0.15) is 27.6 Å². The van der Waals surface area contributed by atoms with Crippen LogP contribution >= 0.6 is 0 Å². The summed E-state index contributed by atoms with van der Waals surface area (Å²) in [7, 11) is 1.40. The van der Waals surface area contributed by atoms with E-state index in [1.165, 1.54) is 26.1 Å². The Morgan fingerprint density at radius 3 is 2.07 bits per heavy atom. The lowest BCUT2D eigenvalue weighted by molar-refractivity contribution is 0.0956. The monoisotopic (exact) mass is 209 g/mol. The zero-order valence-electron chi connectivity index (χ0n) is 8.37. The van der Waals surface area contributed by atoms with E-state index in [4.69, 9.17) is 0 Å². The van der Waals surface area contributed by atoms with Crippen LogP contribution in [0.15, 0.2) is 12.1 Å². The SMILES string of the molecule is CNC(=O)c1ccc(C(C)=O)c(O)c1O. The Labute approximate surface area is 86.4 Å². The van der Waals surface area contributed by atoms with E-state index in [1.54, 1.807) is 0 Å². The van der Waals surface area contributed by atoms with Crippen molar-refractivity contribution in [1.82, 2.24) is 5.32 Å². The predicted octanol–water partition coefficient (Wildman–Crippen LogP) is 0.660. The summed E-state index contributed by atoms with van der Waals surface area (Å²) in [6, 6.07) is 2.58. The molecule has 3 N–H and O–H groups in total. The van der Waals surface area contributed by atoms with Gasteiger partial charge in [0.1, 0.15) is 0 Å². The van der Waals surface area contributed by atoms with Gasteiger partial charge in [-0.2, -0.15) is 0 Å². The van der Waals surface area contributed by atoms with Gasteiger partial charge in [-0.3, -0.25) is 9.59 Å². The van der Waals surface area contributed by atoms with Gasteiger partial charge in [-0.05, 0) is 19.1 Å². The van der Waals surface area contributed by atoms with E-state index in [-0.39, 0.29) is 16.9 Å². The van der Waals surface area contributed by atoms with Crippen molar-refractivity contribution in [1.29, 1.82) is 0 Å². The number of carbonyl (C=O) groups is 2. The van der Waals surface area contributed by atoms with Gasteiger partial charge in [0.25, 0.3) is 5.91 Å². The molecule has 5 nitrogen and oxygen atoms in total. The molecule has 1 rings (SSSR count). The predicted molar refractivity (Wildman–Crippen MR) is 53.2 cm³/mol. The highest BCUT2D eigenvalue weighted by Gasteiger charge is 2.17. The molecular weight excluding hydrogens is 198 g/mol. The third kappa shape index (κ3) is 1.90. The van der Waals surface area contributed by atoms with Gasteiger partial charge in [0.15, 0.2) is 17.3 Å². The molecule has 0 aliphatic rings. The minimum Gasteiger partial charge on any atom is -0.504 e. The van der Waals surface area contributed by atoms with Gasteiger partial charge in [0.2, 0.25) is 0 Å². The van der Waals surface area contributed by atoms with E-state index < -0.39 is 17.4 Å². The molecule has 0 saturated heterocycles. The van der Waals surface area contributed by atoms with E-state index >= 15 is 0 Å². The van der Waals surface area contributed by atoms with Gasteiger partial charge in [0.05, 0.1) is 11.1 Å². The van der Waals surface area contributed by atoms with Crippen LogP contribution in [-0.4, -0.2) is 29.0 Å². The fraction of sp³-hybridized carbons (Fsp3) is 0.200. The molecule has 0 saturated carbocycles. The molecule has 0 fully saturated rings. The van der Waals surface area contributed by atoms with Crippen LogP contribution in [0.25, 0.3) is 0 Å². The van der Waals surface area contributed by atoms with Gasteiger partial charge in [0, 0.05) is 7.05 Å². The molecule has 0 aliphatic heterocycles. The molecule has 1 aromatic carbocycles. The Morgan fingerprint density at radius 1 is 1.13 bits per heavy atom. The number of aromatic hydroxyl groups is 2. The summed E-state index contributed by atoms with van der Waals surface area (Å²) in [5.74, 6) is -2.06. The van der Waals surface area contributed by atoms with Crippen molar-refractivity contribution in [3.8, 4) is 11.5 Å². The molecule has 0 atom stereocenters. The number of rotatable bonds is 2. The van der Waals surface area contributed by atoms with Crippen molar-refractivity contribution >= 4 is 11.7 Å². The fourth-order valence-electron chi connectivity index (χ4n) is 1.18. The lowest BCUT2D eigenvalue weighted by Gasteiger charge is -2.07. The summed E-state index contributed by atoms with van der Waals surface area (Å²) >= 11 is 0. The van der Waals surface area contributed by atoms with Crippen molar-refractivity contribution in [2.24, 2.45) is 0 Å². The normalized spacial score (nSPS) is 9.73. The largest absolute Gasteiger partial charge is 0.504 e. The van der Waals surface area contributed by atoms with Crippen LogP contribution in [0.5, 0.6) is 11.5 Å². The zero-order valence-corrected chi connectivity index (χ0v) is 8.37. The molecule has 0 heterocycles. The van der Waals surface area contributed by atoms with Crippen molar-refractivity contribution < 1.29 is 19.8 Å². The van der Waals surface area contributed by atoms with Gasteiger partial charge in [-0.1, -0.05) is 0 Å². The fourth-order valence-corrected chi connectivity index (χ4v) is 1.18. The molecule has 0 aliphatic carbocycles. The number of phenolic OH excluding ortho intramolecular Hbond substituents is 2. The minimum absolute atomic E-state index is 0.0137. The number of hydrogen-bond donors (Lipinski definition) is 3. The third-order valence-corrected chi connectivity index (χ3v) is 2.00. The molecule has 15 heavy (non-hydrogen) atoms. The molecule has 0 aromatic heterocycles. The Hall–Kier alpha value is -2.04. The summed E-state index contributed by atoms with van der Waals surface area (Å²) in [5.41, 5.74) is -0.0832. The van der Waals surface area contributed by atoms with Crippen LogP contribution in [0.2, 0.25) is 0 Å². The molecule has 5 heteroatoms. The summed E-state index contributed by atoms with van der Waals surface area (Å²) in [4.78, 5) is 22.2. The number of amides is 1. The second-order valence-corrected chi connectivity index (χ2v) is 2.99. The Balaban J connectivity index is 3.33. The van der Waals surface area contributed by atoms with Gasteiger partial charge in [-0.15, -0.1) is 0 Å². The first-order valence-corrected chi connectivity index (χ1v) is 4.27. The van der Waals surface area contributed by atoms with Crippen molar-refractivity contribution in [3.63, 3.8) is 0 Å². The van der Waals surface area contributed by atoms with E-state index in [9.17, 15) is 19.8 Å². The molecule has 1 amide bonds. The molecule has 1 aromatic rings. The summed E-state index contributed by atoms with van der Waals surface area (Å²) in [6.07, 6.45) is 0. The lowest BCUT2D eigenvalue weighted by Crippen LogP contribution is -2.18. The number of benzene rings is 1. The van der Waals surface area contributed by atoms with Crippen LogP contribution < -0.4 is 5.32 Å². The second kappa shape index (κ2) is 4.00. The zero-order chi connectivity index (χ0) is 11.6. The van der Waals surface area contributed by atoms with E-state index in [0.717, 1.165) is 0 Å². The van der Waals surface area contributed by atoms with Crippen molar-refractivity contribution in [2.45, 2.75) is 6.92 Å². The number of carbonyl (C=O) groups excluding carboxylic acids is 2. The highest BCUT2D eigenvalue weighted by Crippen LogP contribution is 2.32. The lowest BCUT2D eigenvalue weighted by atomic mass is 10.1. The second-order valence-electron chi connectivity index (χ2n) is 2.99. The van der Waals surface area contributed by atoms with E-state index in [0.29, 0.717) is 0 Å². The number of phenols is 2. The smallest absolute Gasteiger partial charge is 0.254 e. The summed E-state index contributed by atoms with van der Waals surface area (Å²) < 4.78 is 0. The van der Waals surface area contributed by atoms with Crippen LogP contribution in [0.4, 0.5) is 0 Å². The van der Waals surface area contributed by atoms with Crippen LogP contribution in [0, 0.1) is 0 Å². The number of Topliss-reactive ketones (excluding diaryl/α,β-unsaturated/α-hetero) is 1. The van der Waals surface area contributed by atoms with Crippen molar-refractivity contribution in [3.05, 3.63) is 23.3 Å². The van der Waals surface area contributed by atoms with Gasteiger partial charge in [-0.25, -0.2) is 0 Å². The van der Waals surface area contributed by atoms with Crippen LogP contribution in [-0.2, 0) is 0 Å². The Morgan fingerprint density at radius 2 is 1.60 bits per heavy atom. The number of nitrogens with one attached hydrogen (secondary N) is 1.